The monoisotopic (exact) mass is 367 g/mol. The third kappa shape index (κ3) is 5.95. The minimum absolute atomic E-state index is 0.135. The van der Waals surface area contributed by atoms with Crippen molar-refractivity contribution in [2.24, 2.45) is 0 Å². The van der Waals surface area contributed by atoms with Gasteiger partial charge in [-0.2, -0.15) is 0 Å². The third-order valence-corrected chi connectivity index (χ3v) is 3.69. The van der Waals surface area contributed by atoms with Crippen LogP contribution in [0, 0.1) is 13.8 Å². The van der Waals surface area contributed by atoms with Crippen molar-refractivity contribution in [3.8, 4) is 11.5 Å². The van der Waals surface area contributed by atoms with Crippen LogP contribution in [-0.4, -0.2) is 25.7 Å². The highest BCUT2D eigenvalue weighted by Crippen LogP contribution is 2.27. The van der Waals surface area contributed by atoms with E-state index in [2.05, 4.69) is 11.4 Å². The second-order valence-electron chi connectivity index (χ2n) is 5.39. The highest BCUT2D eigenvalue weighted by Gasteiger charge is 2.06. The molecule has 0 radical (unpaired) electrons. The Balaban J connectivity index is 1.70. The summed E-state index contributed by atoms with van der Waals surface area (Å²) in [6.07, 6.45) is 0. The van der Waals surface area contributed by atoms with Crippen LogP contribution < -0.4 is 14.8 Å². The first kappa shape index (κ1) is 18.4. The number of amides is 1. The van der Waals surface area contributed by atoms with Gasteiger partial charge in [0.15, 0.2) is 6.61 Å². The first-order valence-electron chi connectivity index (χ1n) is 7.49. The zero-order valence-corrected chi connectivity index (χ0v) is 15.1. The van der Waals surface area contributed by atoms with Crippen LogP contribution in [-0.2, 0) is 4.79 Å². The molecule has 0 unspecified atom stereocenters. The SMILES string of the molecule is Cc1cc(C)cc(OCCNC(=O)COc2cc(Cl)ccc2Cl)c1. The highest BCUT2D eigenvalue weighted by atomic mass is 35.5. The van der Waals surface area contributed by atoms with E-state index >= 15 is 0 Å². The van der Waals surface area contributed by atoms with Gasteiger partial charge in [0, 0.05) is 11.1 Å². The third-order valence-electron chi connectivity index (χ3n) is 3.14. The number of ether oxygens (including phenoxy) is 2. The fourth-order valence-electron chi connectivity index (χ4n) is 2.16. The molecule has 1 amide bonds. The van der Waals surface area contributed by atoms with Gasteiger partial charge in [0.05, 0.1) is 11.6 Å². The van der Waals surface area contributed by atoms with Crippen molar-refractivity contribution in [1.29, 1.82) is 0 Å². The first-order chi connectivity index (χ1) is 11.4. The van der Waals surface area contributed by atoms with Crippen LogP contribution in [0.1, 0.15) is 11.1 Å². The summed E-state index contributed by atoms with van der Waals surface area (Å²) in [5, 5.41) is 3.63. The fourth-order valence-corrected chi connectivity index (χ4v) is 2.49. The van der Waals surface area contributed by atoms with Crippen LogP contribution in [0.15, 0.2) is 36.4 Å². The van der Waals surface area contributed by atoms with E-state index in [-0.39, 0.29) is 12.5 Å². The van der Waals surface area contributed by atoms with Crippen molar-refractivity contribution in [2.75, 3.05) is 19.8 Å². The van der Waals surface area contributed by atoms with Gasteiger partial charge in [0.25, 0.3) is 5.91 Å². The molecule has 1 N–H and O–H groups in total. The number of rotatable bonds is 7. The van der Waals surface area contributed by atoms with E-state index in [1.54, 1.807) is 18.2 Å². The van der Waals surface area contributed by atoms with Crippen molar-refractivity contribution in [1.82, 2.24) is 5.32 Å². The summed E-state index contributed by atoms with van der Waals surface area (Å²) in [5.74, 6) is 0.921. The summed E-state index contributed by atoms with van der Waals surface area (Å²) in [7, 11) is 0. The van der Waals surface area contributed by atoms with Crippen LogP contribution >= 0.6 is 23.2 Å². The maximum Gasteiger partial charge on any atom is 0.258 e. The molecule has 0 saturated carbocycles. The molecule has 0 atom stereocenters. The topological polar surface area (TPSA) is 47.6 Å². The normalized spacial score (nSPS) is 10.3. The van der Waals surface area contributed by atoms with Gasteiger partial charge in [0.2, 0.25) is 0 Å². The summed E-state index contributed by atoms with van der Waals surface area (Å²) in [6.45, 7) is 4.66. The maximum atomic E-state index is 11.8. The van der Waals surface area contributed by atoms with E-state index < -0.39 is 0 Å². The quantitative estimate of drug-likeness (QED) is 0.746. The number of hydrogen-bond acceptors (Lipinski definition) is 3. The molecule has 4 nitrogen and oxygen atoms in total. The first-order valence-corrected chi connectivity index (χ1v) is 8.25. The average Bonchev–Trinajstić information content (AvgIpc) is 2.51. The van der Waals surface area contributed by atoms with Gasteiger partial charge in [-0.15, -0.1) is 0 Å². The number of nitrogens with one attached hydrogen (secondary N) is 1. The molecule has 128 valence electrons. The molecule has 2 rings (SSSR count). The molecule has 0 aliphatic carbocycles. The van der Waals surface area contributed by atoms with Crippen LogP contribution in [0.5, 0.6) is 11.5 Å². The molecular formula is C18H19Cl2NO3. The predicted octanol–water partition coefficient (Wildman–Crippen LogP) is 4.18. The predicted molar refractivity (Wildman–Crippen MR) is 96.4 cm³/mol. The summed E-state index contributed by atoms with van der Waals surface area (Å²) < 4.78 is 11.0. The lowest BCUT2D eigenvalue weighted by Gasteiger charge is -2.10. The Labute approximate surface area is 151 Å². The number of carbonyl (C=O) groups excluding carboxylic acids is 1. The van der Waals surface area contributed by atoms with Gasteiger partial charge in [-0.05, 0) is 49.2 Å². The van der Waals surface area contributed by atoms with Gasteiger partial charge < -0.3 is 14.8 Å². The van der Waals surface area contributed by atoms with Gasteiger partial charge >= 0.3 is 0 Å². The van der Waals surface area contributed by atoms with E-state index in [4.69, 9.17) is 32.7 Å². The summed E-state index contributed by atoms with van der Waals surface area (Å²) in [5.41, 5.74) is 2.28. The van der Waals surface area contributed by atoms with Crippen molar-refractivity contribution >= 4 is 29.1 Å². The van der Waals surface area contributed by atoms with Crippen LogP contribution in [0.2, 0.25) is 10.0 Å². The Morgan fingerprint density at radius 2 is 1.75 bits per heavy atom. The molecular weight excluding hydrogens is 349 g/mol. The standard InChI is InChI=1S/C18H19Cl2NO3/c1-12-7-13(2)9-15(8-12)23-6-5-21-18(22)11-24-17-10-14(19)3-4-16(17)20/h3-4,7-10H,5-6,11H2,1-2H3,(H,21,22). The van der Waals surface area contributed by atoms with Gasteiger partial charge in [-0.25, -0.2) is 0 Å². The minimum atomic E-state index is -0.255. The van der Waals surface area contributed by atoms with E-state index in [1.807, 2.05) is 26.0 Å². The second kappa shape index (κ2) is 8.81. The van der Waals surface area contributed by atoms with Gasteiger partial charge in [0.1, 0.15) is 18.1 Å². The van der Waals surface area contributed by atoms with Crippen molar-refractivity contribution in [2.45, 2.75) is 13.8 Å². The van der Waals surface area contributed by atoms with Gasteiger partial charge in [-0.3, -0.25) is 4.79 Å². The summed E-state index contributed by atoms with van der Waals surface area (Å²) >= 11 is 11.8. The smallest absolute Gasteiger partial charge is 0.258 e. The fraction of sp³-hybridized carbons (Fsp3) is 0.278. The highest BCUT2D eigenvalue weighted by molar-refractivity contribution is 6.34. The zero-order valence-electron chi connectivity index (χ0n) is 13.6. The molecule has 0 saturated heterocycles. The Morgan fingerprint density at radius 3 is 2.46 bits per heavy atom. The van der Waals surface area contributed by atoms with Crippen LogP contribution in [0.4, 0.5) is 0 Å². The summed E-state index contributed by atoms with van der Waals surface area (Å²) in [4.78, 5) is 11.8. The molecule has 2 aromatic carbocycles. The molecule has 6 heteroatoms. The zero-order chi connectivity index (χ0) is 17.5. The van der Waals surface area contributed by atoms with E-state index in [1.165, 1.54) is 0 Å². The van der Waals surface area contributed by atoms with Gasteiger partial charge in [-0.1, -0.05) is 29.3 Å². The lowest BCUT2D eigenvalue weighted by molar-refractivity contribution is -0.123. The average molecular weight is 368 g/mol. The molecule has 0 heterocycles. The molecule has 0 spiro atoms. The molecule has 0 aromatic heterocycles. The second-order valence-corrected chi connectivity index (χ2v) is 6.23. The largest absolute Gasteiger partial charge is 0.492 e. The van der Waals surface area contributed by atoms with E-state index in [0.717, 1.165) is 16.9 Å². The maximum absolute atomic E-state index is 11.8. The Hall–Kier alpha value is -1.91. The van der Waals surface area contributed by atoms with E-state index in [0.29, 0.717) is 28.9 Å². The molecule has 0 fully saturated rings. The molecule has 0 aliphatic heterocycles. The molecule has 24 heavy (non-hydrogen) atoms. The van der Waals surface area contributed by atoms with Crippen molar-refractivity contribution in [3.63, 3.8) is 0 Å². The number of carbonyl (C=O) groups is 1. The Morgan fingerprint density at radius 1 is 1.04 bits per heavy atom. The lowest BCUT2D eigenvalue weighted by Crippen LogP contribution is -2.32. The van der Waals surface area contributed by atoms with Crippen molar-refractivity contribution in [3.05, 3.63) is 57.6 Å². The van der Waals surface area contributed by atoms with E-state index in [9.17, 15) is 4.79 Å². The lowest BCUT2D eigenvalue weighted by atomic mass is 10.1. The van der Waals surface area contributed by atoms with Crippen LogP contribution in [0.3, 0.4) is 0 Å². The number of hydrogen-bond donors (Lipinski definition) is 1. The summed E-state index contributed by atoms with van der Waals surface area (Å²) in [6, 6.07) is 10.8. The van der Waals surface area contributed by atoms with Crippen molar-refractivity contribution < 1.29 is 14.3 Å². The molecule has 0 bridgehead atoms. The molecule has 0 aliphatic rings. The number of aryl methyl sites for hydroxylation is 2. The minimum Gasteiger partial charge on any atom is -0.492 e. The number of halogens is 2. The van der Waals surface area contributed by atoms with Crippen LogP contribution in [0.25, 0.3) is 0 Å². The number of benzene rings is 2. The Bertz CT molecular complexity index is 699. The Kier molecular flexibility index (Phi) is 6.76. The molecule has 2 aromatic rings.